The molecule has 0 fully saturated rings. The Labute approximate surface area is 87.5 Å². The van der Waals surface area contributed by atoms with E-state index in [-0.39, 0.29) is 17.9 Å². The highest BCUT2D eigenvalue weighted by Crippen LogP contribution is 1.96. The standard InChI is InChI=1S/C10H14N2O3/c1-3-15-10(14)5-4-8-11-7(2)6-9(13)12-8/h6H,3-5H2,1-2H3,(H,11,12,13). The number of carbonyl (C=O) groups excluding carboxylic acids is 1. The molecule has 1 heterocycles. The lowest BCUT2D eigenvalue weighted by Crippen LogP contribution is -2.13. The number of aromatic amines is 1. The number of nitrogens with zero attached hydrogens (tertiary/aromatic N) is 1. The highest BCUT2D eigenvalue weighted by atomic mass is 16.5. The maximum Gasteiger partial charge on any atom is 0.306 e. The van der Waals surface area contributed by atoms with Crippen LogP contribution in [0, 0.1) is 6.92 Å². The van der Waals surface area contributed by atoms with Gasteiger partial charge in [-0.3, -0.25) is 9.59 Å². The van der Waals surface area contributed by atoms with E-state index in [1.807, 2.05) is 0 Å². The molecule has 0 saturated carbocycles. The van der Waals surface area contributed by atoms with Crippen LogP contribution in [-0.2, 0) is 16.0 Å². The quantitative estimate of drug-likeness (QED) is 0.737. The number of aryl methyl sites for hydroxylation is 2. The Bertz CT molecular complexity index is 398. The maximum atomic E-state index is 11.1. The average molecular weight is 210 g/mol. The van der Waals surface area contributed by atoms with Gasteiger partial charge in [0.25, 0.3) is 5.56 Å². The van der Waals surface area contributed by atoms with E-state index in [0.717, 1.165) is 0 Å². The number of hydrogen-bond acceptors (Lipinski definition) is 4. The molecule has 0 saturated heterocycles. The van der Waals surface area contributed by atoms with E-state index in [4.69, 9.17) is 4.74 Å². The summed E-state index contributed by atoms with van der Waals surface area (Å²) in [7, 11) is 0. The Morgan fingerprint density at radius 1 is 1.60 bits per heavy atom. The number of hydrogen-bond donors (Lipinski definition) is 1. The summed E-state index contributed by atoms with van der Waals surface area (Å²) in [6.45, 7) is 3.87. The molecule has 0 aliphatic heterocycles. The summed E-state index contributed by atoms with van der Waals surface area (Å²) >= 11 is 0. The normalized spacial score (nSPS) is 10.0. The first-order valence-electron chi connectivity index (χ1n) is 4.84. The van der Waals surface area contributed by atoms with Gasteiger partial charge in [0.15, 0.2) is 0 Å². The van der Waals surface area contributed by atoms with Crippen LogP contribution in [0.3, 0.4) is 0 Å². The van der Waals surface area contributed by atoms with Crippen molar-refractivity contribution in [2.45, 2.75) is 26.7 Å². The second kappa shape index (κ2) is 5.29. The largest absolute Gasteiger partial charge is 0.466 e. The second-order valence-corrected chi connectivity index (χ2v) is 3.14. The molecule has 1 aromatic rings. The summed E-state index contributed by atoms with van der Waals surface area (Å²) in [5, 5.41) is 0. The van der Waals surface area contributed by atoms with Gasteiger partial charge in [-0.25, -0.2) is 4.98 Å². The van der Waals surface area contributed by atoms with Crippen molar-refractivity contribution in [2.24, 2.45) is 0 Å². The molecular formula is C10H14N2O3. The number of ether oxygens (including phenoxy) is 1. The van der Waals surface area contributed by atoms with Crippen LogP contribution in [0.1, 0.15) is 24.9 Å². The SMILES string of the molecule is CCOC(=O)CCc1nc(C)cc(=O)[nH]1. The molecule has 1 rings (SSSR count). The molecule has 0 radical (unpaired) electrons. The van der Waals surface area contributed by atoms with Crippen LogP contribution in [0.2, 0.25) is 0 Å². The van der Waals surface area contributed by atoms with Crippen LogP contribution >= 0.6 is 0 Å². The monoisotopic (exact) mass is 210 g/mol. The highest BCUT2D eigenvalue weighted by molar-refractivity contribution is 5.69. The molecule has 5 heteroatoms. The molecule has 15 heavy (non-hydrogen) atoms. The van der Waals surface area contributed by atoms with Crippen molar-refractivity contribution in [3.05, 3.63) is 27.9 Å². The topological polar surface area (TPSA) is 72.0 Å². The van der Waals surface area contributed by atoms with Crippen LogP contribution in [0.25, 0.3) is 0 Å². The lowest BCUT2D eigenvalue weighted by atomic mass is 10.3. The first-order valence-corrected chi connectivity index (χ1v) is 4.84. The molecule has 0 amide bonds. The van der Waals surface area contributed by atoms with Gasteiger partial charge in [-0.2, -0.15) is 0 Å². The van der Waals surface area contributed by atoms with Crippen molar-refractivity contribution >= 4 is 5.97 Å². The summed E-state index contributed by atoms with van der Waals surface area (Å²) in [5.41, 5.74) is 0.457. The van der Waals surface area contributed by atoms with Gasteiger partial charge in [0.05, 0.1) is 13.0 Å². The minimum absolute atomic E-state index is 0.193. The van der Waals surface area contributed by atoms with Crippen LogP contribution in [-0.4, -0.2) is 22.5 Å². The Balaban J connectivity index is 2.58. The van der Waals surface area contributed by atoms with Gasteiger partial charge in [0.1, 0.15) is 5.82 Å². The first kappa shape index (κ1) is 11.4. The van der Waals surface area contributed by atoms with Gasteiger partial charge >= 0.3 is 5.97 Å². The van der Waals surface area contributed by atoms with Gasteiger partial charge in [-0.05, 0) is 13.8 Å². The van der Waals surface area contributed by atoms with E-state index in [1.165, 1.54) is 6.07 Å². The predicted molar refractivity (Wildman–Crippen MR) is 54.5 cm³/mol. The molecule has 1 N–H and O–H groups in total. The molecule has 0 aliphatic carbocycles. The van der Waals surface area contributed by atoms with E-state index in [9.17, 15) is 9.59 Å². The number of esters is 1. The molecule has 82 valence electrons. The molecule has 5 nitrogen and oxygen atoms in total. The fourth-order valence-corrected chi connectivity index (χ4v) is 1.21. The molecule has 0 bridgehead atoms. The number of nitrogens with one attached hydrogen (secondary N) is 1. The van der Waals surface area contributed by atoms with Crippen LogP contribution in [0.4, 0.5) is 0 Å². The summed E-state index contributed by atoms with van der Waals surface area (Å²) in [4.78, 5) is 28.8. The zero-order valence-corrected chi connectivity index (χ0v) is 8.87. The molecule has 1 aromatic heterocycles. The average Bonchev–Trinajstić information content (AvgIpc) is 2.14. The number of carbonyl (C=O) groups is 1. The van der Waals surface area contributed by atoms with Gasteiger partial charge < -0.3 is 9.72 Å². The van der Waals surface area contributed by atoms with E-state index in [2.05, 4.69) is 9.97 Å². The lowest BCUT2D eigenvalue weighted by molar-refractivity contribution is -0.143. The smallest absolute Gasteiger partial charge is 0.306 e. The zero-order chi connectivity index (χ0) is 11.3. The van der Waals surface area contributed by atoms with E-state index in [1.54, 1.807) is 13.8 Å². The van der Waals surface area contributed by atoms with Crippen molar-refractivity contribution < 1.29 is 9.53 Å². The van der Waals surface area contributed by atoms with E-state index < -0.39 is 0 Å². The van der Waals surface area contributed by atoms with Crippen molar-refractivity contribution in [3.8, 4) is 0 Å². The van der Waals surface area contributed by atoms with E-state index >= 15 is 0 Å². The Hall–Kier alpha value is -1.65. The van der Waals surface area contributed by atoms with Gasteiger partial charge in [0, 0.05) is 18.2 Å². The Kier molecular flexibility index (Phi) is 4.03. The molecule has 0 unspecified atom stereocenters. The molecule has 0 aliphatic rings. The van der Waals surface area contributed by atoms with Gasteiger partial charge in [0.2, 0.25) is 0 Å². The van der Waals surface area contributed by atoms with E-state index in [0.29, 0.717) is 24.5 Å². The van der Waals surface area contributed by atoms with Crippen molar-refractivity contribution in [1.82, 2.24) is 9.97 Å². The number of aromatic nitrogens is 2. The summed E-state index contributed by atoms with van der Waals surface area (Å²) in [6, 6.07) is 1.41. The molecular weight excluding hydrogens is 196 g/mol. The van der Waals surface area contributed by atoms with Crippen molar-refractivity contribution in [1.29, 1.82) is 0 Å². The maximum absolute atomic E-state index is 11.1. The minimum Gasteiger partial charge on any atom is -0.466 e. The van der Waals surface area contributed by atoms with Crippen molar-refractivity contribution in [2.75, 3.05) is 6.61 Å². The first-order chi connectivity index (χ1) is 7.11. The Morgan fingerprint density at radius 3 is 2.93 bits per heavy atom. The third-order valence-corrected chi connectivity index (χ3v) is 1.79. The third kappa shape index (κ3) is 3.93. The Morgan fingerprint density at radius 2 is 2.33 bits per heavy atom. The molecule has 0 aromatic carbocycles. The second-order valence-electron chi connectivity index (χ2n) is 3.14. The molecule has 0 atom stereocenters. The van der Waals surface area contributed by atoms with Crippen LogP contribution in [0.15, 0.2) is 10.9 Å². The summed E-state index contributed by atoms with van der Waals surface area (Å²) in [5.74, 6) is 0.245. The number of rotatable bonds is 4. The minimum atomic E-state index is -0.276. The predicted octanol–water partition coefficient (Wildman–Crippen LogP) is 0.574. The fraction of sp³-hybridized carbons (Fsp3) is 0.500. The summed E-state index contributed by atoms with van der Waals surface area (Å²) in [6.07, 6.45) is 0.635. The third-order valence-electron chi connectivity index (χ3n) is 1.79. The van der Waals surface area contributed by atoms with Crippen LogP contribution < -0.4 is 5.56 Å². The van der Waals surface area contributed by atoms with Crippen molar-refractivity contribution in [3.63, 3.8) is 0 Å². The lowest BCUT2D eigenvalue weighted by Gasteiger charge is -2.02. The summed E-state index contributed by atoms with van der Waals surface area (Å²) < 4.78 is 4.77. The zero-order valence-electron chi connectivity index (χ0n) is 8.87. The van der Waals surface area contributed by atoms with Crippen LogP contribution in [0.5, 0.6) is 0 Å². The highest BCUT2D eigenvalue weighted by Gasteiger charge is 2.04. The molecule has 0 spiro atoms. The van der Waals surface area contributed by atoms with Gasteiger partial charge in [-0.1, -0.05) is 0 Å². The van der Waals surface area contributed by atoms with Gasteiger partial charge in [-0.15, -0.1) is 0 Å². The number of H-pyrrole nitrogens is 1. The fourth-order valence-electron chi connectivity index (χ4n) is 1.21.